The summed E-state index contributed by atoms with van der Waals surface area (Å²) in [6.07, 6.45) is 3.93. The van der Waals surface area contributed by atoms with E-state index in [1.54, 1.807) is 0 Å². The molecular weight excluding hydrogens is 324 g/mol. The van der Waals surface area contributed by atoms with E-state index >= 15 is 0 Å². The van der Waals surface area contributed by atoms with Crippen LogP contribution in [0.3, 0.4) is 0 Å². The number of pyridine rings is 1. The first kappa shape index (κ1) is 18.6. The molecule has 5 heteroatoms. The van der Waals surface area contributed by atoms with Crippen LogP contribution in [0, 0.1) is 5.41 Å². The lowest BCUT2D eigenvalue weighted by Crippen LogP contribution is -2.44. The van der Waals surface area contributed by atoms with Gasteiger partial charge in [-0.15, -0.1) is 0 Å². The minimum atomic E-state index is -0.332. The van der Waals surface area contributed by atoms with E-state index < -0.39 is 0 Å². The first-order valence-electron chi connectivity index (χ1n) is 9.57. The van der Waals surface area contributed by atoms with Crippen LogP contribution in [0.15, 0.2) is 30.5 Å². The highest BCUT2D eigenvalue weighted by molar-refractivity contribution is 5.81. The molecule has 2 aromatic rings. The summed E-state index contributed by atoms with van der Waals surface area (Å²) in [5.41, 5.74) is 2.74. The van der Waals surface area contributed by atoms with Crippen molar-refractivity contribution in [2.24, 2.45) is 5.41 Å². The number of hydrogen-bond donors (Lipinski definition) is 0. The topological polar surface area (TPSA) is 51.0 Å². The summed E-state index contributed by atoms with van der Waals surface area (Å²) in [6.45, 7) is 11.8. The van der Waals surface area contributed by atoms with Gasteiger partial charge in [0.2, 0.25) is 5.91 Å². The van der Waals surface area contributed by atoms with Gasteiger partial charge in [-0.25, -0.2) is 0 Å². The Morgan fingerprint density at radius 2 is 2.00 bits per heavy atom. The second kappa shape index (κ2) is 7.22. The third-order valence-corrected chi connectivity index (χ3v) is 4.96. The summed E-state index contributed by atoms with van der Waals surface area (Å²) in [5.74, 6) is 0.529. The van der Waals surface area contributed by atoms with Gasteiger partial charge in [-0.1, -0.05) is 26.8 Å². The van der Waals surface area contributed by atoms with Crippen molar-refractivity contribution >= 4 is 5.91 Å². The molecule has 0 aliphatic carbocycles. The number of likely N-dealkylation sites (tertiary alicyclic amines) is 1. The van der Waals surface area contributed by atoms with Crippen molar-refractivity contribution in [3.8, 4) is 11.4 Å². The van der Waals surface area contributed by atoms with Gasteiger partial charge in [-0.2, -0.15) is 5.10 Å². The third kappa shape index (κ3) is 3.81. The van der Waals surface area contributed by atoms with Crippen molar-refractivity contribution in [1.82, 2.24) is 19.7 Å². The molecule has 1 atom stereocenters. The van der Waals surface area contributed by atoms with E-state index in [-0.39, 0.29) is 11.3 Å². The van der Waals surface area contributed by atoms with Crippen LogP contribution in [0.25, 0.3) is 11.4 Å². The molecule has 0 N–H and O–H groups in total. The van der Waals surface area contributed by atoms with E-state index in [1.807, 2.05) is 48.7 Å². The molecule has 1 aliphatic heterocycles. The SMILES string of the molecule is CC(C)n1nccc1-c1cccc(C2CCCN(C(=O)C(C)(C)C)C2)n1. The summed E-state index contributed by atoms with van der Waals surface area (Å²) >= 11 is 0. The molecule has 1 saturated heterocycles. The number of carbonyl (C=O) groups is 1. The lowest BCUT2D eigenvalue weighted by atomic mass is 9.89. The average Bonchev–Trinajstić information content (AvgIpc) is 3.10. The molecular formula is C21H30N4O. The molecule has 2 aromatic heterocycles. The van der Waals surface area contributed by atoms with Gasteiger partial charge < -0.3 is 4.90 Å². The van der Waals surface area contributed by atoms with Crippen molar-refractivity contribution in [3.05, 3.63) is 36.2 Å². The van der Waals surface area contributed by atoms with E-state index in [0.29, 0.717) is 12.0 Å². The van der Waals surface area contributed by atoms with Crippen LogP contribution in [0.1, 0.15) is 65.1 Å². The van der Waals surface area contributed by atoms with E-state index in [1.165, 1.54) is 0 Å². The van der Waals surface area contributed by atoms with Gasteiger partial charge in [-0.3, -0.25) is 14.5 Å². The fourth-order valence-electron chi connectivity index (χ4n) is 3.63. The largest absolute Gasteiger partial charge is 0.342 e. The monoisotopic (exact) mass is 354 g/mol. The maximum Gasteiger partial charge on any atom is 0.227 e. The molecule has 1 aliphatic rings. The molecule has 26 heavy (non-hydrogen) atoms. The minimum absolute atomic E-state index is 0.233. The zero-order chi connectivity index (χ0) is 18.9. The number of piperidine rings is 1. The molecule has 0 radical (unpaired) electrons. The van der Waals surface area contributed by atoms with E-state index in [4.69, 9.17) is 4.98 Å². The Balaban J connectivity index is 1.84. The molecule has 0 aromatic carbocycles. The summed E-state index contributed by atoms with van der Waals surface area (Å²) in [4.78, 5) is 19.6. The van der Waals surface area contributed by atoms with E-state index in [9.17, 15) is 4.79 Å². The van der Waals surface area contributed by atoms with Gasteiger partial charge in [0.1, 0.15) is 0 Å². The standard InChI is InChI=1S/C21H30N4O/c1-15(2)25-19(11-12-22-25)18-10-6-9-17(23-18)16-8-7-13-24(14-16)20(26)21(3,4)5/h6,9-12,15-16H,7-8,13-14H2,1-5H3. The summed E-state index contributed by atoms with van der Waals surface area (Å²) < 4.78 is 2.00. The molecule has 1 amide bonds. The van der Waals surface area contributed by atoms with Gasteiger partial charge in [0, 0.05) is 42.4 Å². The Kier molecular flexibility index (Phi) is 5.17. The number of carbonyl (C=O) groups excluding carboxylic acids is 1. The number of aromatic nitrogens is 3. The molecule has 0 bridgehead atoms. The van der Waals surface area contributed by atoms with E-state index in [0.717, 1.165) is 43.0 Å². The van der Waals surface area contributed by atoms with Gasteiger partial charge >= 0.3 is 0 Å². The number of amides is 1. The Bertz CT molecular complexity index is 772. The van der Waals surface area contributed by atoms with Gasteiger partial charge in [0.25, 0.3) is 0 Å². The average molecular weight is 354 g/mol. The zero-order valence-corrected chi connectivity index (χ0v) is 16.6. The molecule has 3 heterocycles. The zero-order valence-electron chi connectivity index (χ0n) is 16.6. The first-order valence-corrected chi connectivity index (χ1v) is 9.57. The highest BCUT2D eigenvalue weighted by atomic mass is 16.2. The van der Waals surface area contributed by atoms with Gasteiger partial charge in [0.05, 0.1) is 11.4 Å². The molecule has 0 spiro atoms. The number of rotatable bonds is 3. The predicted molar refractivity (Wildman–Crippen MR) is 104 cm³/mol. The smallest absolute Gasteiger partial charge is 0.227 e. The molecule has 1 fully saturated rings. The van der Waals surface area contributed by atoms with Crippen LogP contribution < -0.4 is 0 Å². The Hall–Kier alpha value is -2.17. The lowest BCUT2D eigenvalue weighted by molar-refractivity contribution is -0.140. The highest BCUT2D eigenvalue weighted by Crippen LogP contribution is 2.30. The summed E-state index contributed by atoms with van der Waals surface area (Å²) in [6, 6.07) is 8.51. The fraction of sp³-hybridized carbons (Fsp3) is 0.571. The molecule has 0 saturated carbocycles. The quantitative estimate of drug-likeness (QED) is 0.827. The van der Waals surface area contributed by atoms with E-state index in [2.05, 4.69) is 31.1 Å². The van der Waals surface area contributed by atoms with Crippen molar-refractivity contribution in [3.63, 3.8) is 0 Å². The minimum Gasteiger partial charge on any atom is -0.342 e. The van der Waals surface area contributed by atoms with Gasteiger partial charge in [-0.05, 0) is 44.9 Å². The fourth-order valence-corrected chi connectivity index (χ4v) is 3.63. The van der Waals surface area contributed by atoms with Gasteiger partial charge in [0.15, 0.2) is 0 Å². The summed E-state index contributed by atoms with van der Waals surface area (Å²) in [7, 11) is 0. The van der Waals surface area contributed by atoms with Crippen molar-refractivity contribution in [2.45, 2.75) is 59.4 Å². The van der Waals surface area contributed by atoms with Crippen molar-refractivity contribution in [2.75, 3.05) is 13.1 Å². The second-order valence-corrected chi connectivity index (χ2v) is 8.54. The predicted octanol–water partition coefficient (Wildman–Crippen LogP) is 4.28. The Labute approximate surface area is 156 Å². The third-order valence-electron chi connectivity index (χ3n) is 4.96. The first-order chi connectivity index (χ1) is 12.3. The van der Waals surface area contributed by atoms with Crippen molar-refractivity contribution in [1.29, 1.82) is 0 Å². The number of nitrogens with zero attached hydrogens (tertiary/aromatic N) is 4. The summed E-state index contributed by atoms with van der Waals surface area (Å²) in [5, 5.41) is 4.42. The Morgan fingerprint density at radius 1 is 1.23 bits per heavy atom. The highest BCUT2D eigenvalue weighted by Gasteiger charge is 2.32. The van der Waals surface area contributed by atoms with Crippen LogP contribution in [-0.4, -0.2) is 38.7 Å². The van der Waals surface area contributed by atoms with Crippen LogP contribution in [0.4, 0.5) is 0 Å². The molecule has 140 valence electrons. The Morgan fingerprint density at radius 3 is 2.69 bits per heavy atom. The number of hydrogen-bond acceptors (Lipinski definition) is 3. The van der Waals surface area contributed by atoms with Crippen LogP contribution in [0.2, 0.25) is 0 Å². The van der Waals surface area contributed by atoms with Crippen LogP contribution in [-0.2, 0) is 4.79 Å². The van der Waals surface area contributed by atoms with Crippen LogP contribution in [0.5, 0.6) is 0 Å². The normalized spacial score (nSPS) is 18.4. The van der Waals surface area contributed by atoms with Crippen LogP contribution >= 0.6 is 0 Å². The molecule has 1 unspecified atom stereocenters. The molecule has 5 nitrogen and oxygen atoms in total. The van der Waals surface area contributed by atoms with Crippen molar-refractivity contribution < 1.29 is 4.79 Å². The molecule has 3 rings (SSSR count). The maximum atomic E-state index is 12.7. The maximum absolute atomic E-state index is 12.7. The second-order valence-electron chi connectivity index (χ2n) is 8.54. The lowest BCUT2D eigenvalue weighted by Gasteiger charge is -2.36.